The van der Waals surface area contributed by atoms with Crippen LogP contribution in [0.3, 0.4) is 0 Å². The molecule has 11 nitrogen and oxygen atoms in total. The molecule has 1 aromatic heterocycles. The molecule has 0 fully saturated rings. The standard InChI is InChI=1S/C65H72N4O7/c1-7-72-39-41-74-38-12-13-49-17-19-50(20-18-49)67-37-11-14-54(45-48(3)61-47-56(28-35-63(61)67)68(51-21-29-57(70-5)30-22-51)52-23-31-58(71-6)32-24-52)66(4)55-27-36-65-62(46-55)60-15-9-10-16-64(60)69(65)53-25-33-59(34-26-53)76-44-43-75-42-40-73-8-2/h9-11,14-27,29-34,36,45-47H,3,7-8,12-13,28,35,37-44H2,1-2,4-6H3/b14-11-,54-45+. The van der Waals surface area contributed by atoms with E-state index in [0.29, 0.717) is 66.0 Å². The average Bonchev–Trinajstić information content (AvgIpc) is 3.84. The summed E-state index contributed by atoms with van der Waals surface area (Å²) in [6, 6.07) is 49.3. The van der Waals surface area contributed by atoms with Gasteiger partial charge in [0, 0.05) is 95.3 Å². The summed E-state index contributed by atoms with van der Waals surface area (Å²) in [4.78, 5) is 7.08. The molecular weight excluding hydrogens is 949 g/mol. The van der Waals surface area contributed by atoms with Crippen LogP contribution in [-0.2, 0) is 25.4 Å². The molecule has 1 aliphatic carbocycles. The van der Waals surface area contributed by atoms with E-state index in [-0.39, 0.29) is 0 Å². The molecule has 6 aromatic carbocycles. The summed E-state index contributed by atoms with van der Waals surface area (Å²) >= 11 is 0. The highest BCUT2D eigenvalue weighted by Crippen LogP contribution is 2.42. The van der Waals surface area contributed by atoms with Crippen LogP contribution in [0.15, 0.2) is 199 Å². The minimum absolute atomic E-state index is 0.472. The number of nitrogens with zero attached hydrogens (tertiary/aromatic N) is 4. The first-order valence-corrected chi connectivity index (χ1v) is 26.6. The van der Waals surface area contributed by atoms with E-state index in [2.05, 4.69) is 154 Å². The van der Waals surface area contributed by atoms with E-state index in [9.17, 15) is 0 Å². The Morgan fingerprint density at radius 3 is 1.83 bits per heavy atom. The number of fused-ring (bicyclic) bond motifs is 3. The third kappa shape index (κ3) is 12.7. The monoisotopic (exact) mass is 1020 g/mol. The molecule has 0 amide bonds. The van der Waals surface area contributed by atoms with Gasteiger partial charge in [-0.3, -0.25) is 0 Å². The largest absolute Gasteiger partial charge is 0.497 e. The Hall–Kier alpha value is -7.54. The maximum absolute atomic E-state index is 6.02. The van der Waals surface area contributed by atoms with Crippen molar-refractivity contribution in [2.75, 3.05) is 102 Å². The number of ether oxygens (including phenoxy) is 7. The second-order valence-corrected chi connectivity index (χ2v) is 18.7. The molecule has 0 radical (unpaired) electrons. The maximum atomic E-state index is 6.02. The van der Waals surface area contributed by atoms with Gasteiger partial charge in [0.2, 0.25) is 0 Å². The van der Waals surface area contributed by atoms with Gasteiger partial charge in [0.1, 0.15) is 23.9 Å². The number of benzene rings is 6. The highest BCUT2D eigenvalue weighted by atomic mass is 16.5. The summed E-state index contributed by atoms with van der Waals surface area (Å²) in [5, 5.41) is 2.35. The number of para-hydroxylation sites is 1. The average molecular weight is 1020 g/mol. The van der Waals surface area contributed by atoms with Crippen molar-refractivity contribution in [3.63, 3.8) is 0 Å². The van der Waals surface area contributed by atoms with E-state index in [1.807, 2.05) is 50.2 Å². The lowest BCUT2D eigenvalue weighted by Gasteiger charge is -2.35. The first-order chi connectivity index (χ1) is 37.4. The van der Waals surface area contributed by atoms with Gasteiger partial charge < -0.3 is 52.4 Å². The first kappa shape index (κ1) is 53.3. The predicted molar refractivity (Wildman–Crippen MR) is 310 cm³/mol. The summed E-state index contributed by atoms with van der Waals surface area (Å²) in [7, 11) is 5.55. The van der Waals surface area contributed by atoms with Gasteiger partial charge in [-0.1, -0.05) is 43.0 Å². The molecule has 394 valence electrons. The van der Waals surface area contributed by atoms with Crippen molar-refractivity contribution in [2.24, 2.45) is 0 Å². The van der Waals surface area contributed by atoms with Crippen molar-refractivity contribution in [1.82, 2.24) is 4.57 Å². The molecule has 0 spiro atoms. The second kappa shape index (κ2) is 26.3. The SMILES string of the molecule is C=C1/C=C(N(C)c2ccc3c(c2)c2ccccc2n3-c2ccc(OCCOCCOCC)cc2)\C=C/CN(c2ccc(CCCOCCOCC)cc2)C2=C1C=C(N(c1ccc(OC)cc1)c1ccc(OC)cc1)CC2. The second-order valence-electron chi connectivity index (χ2n) is 18.7. The van der Waals surface area contributed by atoms with Gasteiger partial charge >= 0.3 is 0 Å². The van der Waals surface area contributed by atoms with E-state index >= 15 is 0 Å². The molecule has 0 saturated carbocycles. The number of likely N-dealkylation sites (N-methyl/N-ethyl adjacent to an activating group) is 1. The van der Waals surface area contributed by atoms with Crippen molar-refractivity contribution >= 4 is 44.6 Å². The molecule has 2 heterocycles. The van der Waals surface area contributed by atoms with Crippen molar-refractivity contribution in [3.8, 4) is 22.9 Å². The Labute approximate surface area is 449 Å². The van der Waals surface area contributed by atoms with Gasteiger partial charge in [-0.15, -0.1) is 0 Å². The van der Waals surface area contributed by atoms with E-state index in [1.165, 1.54) is 22.0 Å². The fourth-order valence-electron chi connectivity index (χ4n) is 10.0. The molecule has 0 bridgehead atoms. The highest BCUT2D eigenvalue weighted by Gasteiger charge is 2.27. The fourth-order valence-corrected chi connectivity index (χ4v) is 10.0. The summed E-state index contributed by atoms with van der Waals surface area (Å²) in [6.45, 7) is 15.0. The van der Waals surface area contributed by atoms with Gasteiger partial charge in [0.15, 0.2) is 0 Å². The lowest BCUT2D eigenvalue weighted by Crippen LogP contribution is -2.27. The molecular formula is C65H72N4O7. The van der Waals surface area contributed by atoms with Gasteiger partial charge in [-0.2, -0.15) is 0 Å². The topological polar surface area (TPSA) is 79.3 Å². The van der Waals surface area contributed by atoms with Crippen LogP contribution in [0, 0.1) is 0 Å². The zero-order chi connectivity index (χ0) is 52.6. The van der Waals surface area contributed by atoms with Gasteiger partial charge in [-0.25, -0.2) is 0 Å². The summed E-state index contributed by atoms with van der Waals surface area (Å²) < 4.78 is 41.8. The maximum Gasteiger partial charge on any atom is 0.119 e. The van der Waals surface area contributed by atoms with Crippen molar-refractivity contribution in [1.29, 1.82) is 0 Å². The Kier molecular flexibility index (Phi) is 18.4. The van der Waals surface area contributed by atoms with Crippen molar-refractivity contribution in [2.45, 2.75) is 39.5 Å². The molecule has 0 N–H and O–H groups in total. The fraction of sp³-hybridized carbons (Fsp3) is 0.292. The van der Waals surface area contributed by atoms with Crippen LogP contribution >= 0.6 is 0 Å². The minimum atomic E-state index is 0.472. The van der Waals surface area contributed by atoms with E-state index in [4.69, 9.17) is 39.7 Å². The van der Waals surface area contributed by atoms with E-state index < -0.39 is 0 Å². The summed E-state index contributed by atoms with van der Waals surface area (Å²) in [5.74, 6) is 2.42. The Morgan fingerprint density at radius 2 is 1.16 bits per heavy atom. The molecule has 2 aliphatic rings. The van der Waals surface area contributed by atoms with Crippen LogP contribution in [0.25, 0.3) is 27.5 Å². The number of hydrogen-bond acceptors (Lipinski definition) is 10. The Morgan fingerprint density at radius 1 is 0.566 bits per heavy atom. The van der Waals surface area contributed by atoms with Crippen LogP contribution in [0.1, 0.15) is 38.7 Å². The number of anilines is 4. The number of rotatable bonds is 25. The summed E-state index contributed by atoms with van der Waals surface area (Å²) in [6.07, 6.45) is 12.6. The Balaban J connectivity index is 1.04. The predicted octanol–water partition coefficient (Wildman–Crippen LogP) is 13.9. The van der Waals surface area contributed by atoms with Gasteiger partial charge in [-0.05, 0) is 178 Å². The number of hydrogen-bond donors (Lipinski definition) is 0. The lowest BCUT2D eigenvalue weighted by atomic mass is 9.92. The molecule has 0 saturated heterocycles. The van der Waals surface area contributed by atoms with Crippen LogP contribution in [0.2, 0.25) is 0 Å². The van der Waals surface area contributed by atoms with Crippen LogP contribution in [0.4, 0.5) is 22.7 Å². The number of aromatic nitrogens is 1. The van der Waals surface area contributed by atoms with Crippen LogP contribution < -0.4 is 28.9 Å². The quantitative estimate of drug-likeness (QED) is 0.0517. The molecule has 7 aromatic rings. The third-order valence-corrected chi connectivity index (χ3v) is 13.9. The van der Waals surface area contributed by atoms with E-state index in [0.717, 1.165) is 105 Å². The highest BCUT2D eigenvalue weighted by molar-refractivity contribution is 6.10. The molecule has 9 rings (SSSR count). The molecule has 11 heteroatoms. The number of methoxy groups -OCH3 is 2. The number of aryl methyl sites for hydroxylation is 1. The number of allylic oxidation sites excluding steroid dienone is 7. The third-order valence-electron chi connectivity index (χ3n) is 13.9. The van der Waals surface area contributed by atoms with Gasteiger partial charge in [0.05, 0.1) is 58.3 Å². The van der Waals surface area contributed by atoms with Crippen molar-refractivity contribution in [3.05, 3.63) is 204 Å². The van der Waals surface area contributed by atoms with Gasteiger partial charge in [0.25, 0.3) is 0 Å². The van der Waals surface area contributed by atoms with Crippen LogP contribution in [-0.4, -0.2) is 91.8 Å². The molecule has 1 aliphatic heterocycles. The molecule has 0 unspecified atom stereocenters. The molecule has 0 atom stereocenters. The smallest absolute Gasteiger partial charge is 0.119 e. The zero-order valence-electron chi connectivity index (χ0n) is 44.8. The van der Waals surface area contributed by atoms with E-state index in [1.54, 1.807) is 14.2 Å². The first-order valence-electron chi connectivity index (χ1n) is 26.6. The Bertz CT molecular complexity index is 3110. The lowest BCUT2D eigenvalue weighted by molar-refractivity contribution is 0.0405. The summed E-state index contributed by atoms with van der Waals surface area (Å²) in [5.41, 5.74) is 14.3. The molecule has 76 heavy (non-hydrogen) atoms. The van der Waals surface area contributed by atoms with Crippen LogP contribution in [0.5, 0.6) is 17.2 Å². The minimum Gasteiger partial charge on any atom is -0.497 e. The normalized spacial score (nSPS) is 14.9. The van der Waals surface area contributed by atoms with Crippen molar-refractivity contribution < 1.29 is 33.2 Å². The zero-order valence-corrected chi connectivity index (χ0v) is 44.8.